The number of aromatic nitrogens is 2. The van der Waals surface area contributed by atoms with Crippen LogP contribution >= 0.6 is 0 Å². The summed E-state index contributed by atoms with van der Waals surface area (Å²) in [6.07, 6.45) is 7.31. The number of imidazole rings is 1. The van der Waals surface area contributed by atoms with Crippen LogP contribution in [0.5, 0.6) is 0 Å². The highest BCUT2D eigenvalue weighted by atomic mass is 32.2. The molecule has 0 fully saturated rings. The number of nitrogen functional groups attached to an aromatic ring is 1. The second-order valence-electron chi connectivity index (χ2n) is 3.73. The van der Waals surface area contributed by atoms with E-state index in [4.69, 9.17) is 5.73 Å². The molecule has 15 heavy (non-hydrogen) atoms. The van der Waals surface area contributed by atoms with Gasteiger partial charge in [0.1, 0.15) is 15.7 Å². The van der Waals surface area contributed by atoms with E-state index in [1.165, 1.54) is 6.26 Å². The Kier molecular flexibility index (Phi) is 4.14. The van der Waals surface area contributed by atoms with Crippen molar-refractivity contribution in [3.05, 3.63) is 12.5 Å². The number of nitrogens with zero attached hydrogens (tertiary/aromatic N) is 2. The van der Waals surface area contributed by atoms with Crippen molar-refractivity contribution < 1.29 is 8.42 Å². The van der Waals surface area contributed by atoms with Crippen molar-refractivity contribution in [1.29, 1.82) is 0 Å². The molecule has 6 heteroatoms. The Balaban J connectivity index is 2.12. The summed E-state index contributed by atoms with van der Waals surface area (Å²) in [6.45, 7) is 0.841. The predicted molar refractivity (Wildman–Crippen MR) is 60.2 cm³/mol. The molecule has 1 aromatic rings. The topological polar surface area (TPSA) is 78.0 Å². The lowest BCUT2D eigenvalue weighted by Gasteiger charge is -2.01. The number of sulfone groups is 1. The molecular weight excluding hydrogens is 214 g/mol. The summed E-state index contributed by atoms with van der Waals surface area (Å²) in [7, 11) is -2.80. The molecule has 0 unspecified atom stereocenters. The van der Waals surface area contributed by atoms with Crippen LogP contribution < -0.4 is 5.73 Å². The van der Waals surface area contributed by atoms with E-state index < -0.39 is 9.84 Å². The first kappa shape index (κ1) is 12.0. The molecule has 0 bridgehead atoms. The number of nitrogens with two attached hydrogens (primary N) is 1. The highest BCUT2D eigenvalue weighted by Gasteiger charge is 2.01. The van der Waals surface area contributed by atoms with E-state index in [1.54, 1.807) is 12.5 Å². The third kappa shape index (κ3) is 5.41. The molecule has 0 saturated carbocycles. The van der Waals surface area contributed by atoms with Gasteiger partial charge in [-0.2, -0.15) is 0 Å². The van der Waals surface area contributed by atoms with E-state index in [2.05, 4.69) is 4.98 Å². The van der Waals surface area contributed by atoms with Gasteiger partial charge in [0.2, 0.25) is 0 Å². The third-order valence-corrected chi connectivity index (χ3v) is 3.11. The zero-order valence-corrected chi connectivity index (χ0v) is 9.70. The fraction of sp³-hybridized carbons (Fsp3) is 0.667. The molecule has 86 valence electrons. The summed E-state index contributed by atoms with van der Waals surface area (Å²) in [4.78, 5) is 3.90. The van der Waals surface area contributed by atoms with Crippen LogP contribution in [0.25, 0.3) is 0 Å². The minimum absolute atomic E-state index is 0.277. The molecule has 1 aromatic heterocycles. The lowest BCUT2D eigenvalue weighted by molar-refractivity contribution is 0.581. The summed E-state index contributed by atoms with van der Waals surface area (Å²) >= 11 is 0. The Morgan fingerprint density at radius 2 is 2.13 bits per heavy atom. The maximum Gasteiger partial charge on any atom is 0.147 e. The summed E-state index contributed by atoms with van der Waals surface area (Å²) in [5, 5.41) is 0. The van der Waals surface area contributed by atoms with Crippen LogP contribution in [0.15, 0.2) is 12.5 Å². The zero-order valence-electron chi connectivity index (χ0n) is 8.89. The molecule has 0 aromatic carbocycles. The summed E-state index contributed by atoms with van der Waals surface area (Å²) in [5.74, 6) is 0.796. The van der Waals surface area contributed by atoms with Gasteiger partial charge in [0.05, 0.1) is 6.33 Å². The molecule has 1 heterocycles. The molecule has 1 rings (SSSR count). The number of rotatable bonds is 6. The molecule has 0 aliphatic carbocycles. The van der Waals surface area contributed by atoms with Gasteiger partial charge in [-0.25, -0.2) is 13.4 Å². The minimum atomic E-state index is -2.80. The van der Waals surface area contributed by atoms with Crippen molar-refractivity contribution in [3.8, 4) is 0 Å². The van der Waals surface area contributed by atoms with Gasteiger partial charge in [0.25, 0.3) is 0 Å². The van der Waals surface area contributed by atoms with Crippen LogP contribution in [-0.4, -0.2) is 30.0 Å². The van der Waals surface area contributed by atoms with Crippen LogP contribution in [0.4, 0.5) is 5.82 Å². The van der Waals surface area contributed by atoms with Crippen LogP contribution in [0, 0.1) is 0 Å². The van der Waals surface area contributed by atoms with Crippen molar-refractivity contribution in [3.63, 3.8) is 0 Å². The van der Waals surface area contributed by atoms with Gasteiger partial charge in [0.15, 0.2) is 0 Å². The van der Waals surface area contributed by atoms with E-state index in [0.29, 0.717) is 5.82 Å². The summed E-state index contributed by atoms with van der Waals surface area (Å²) in [5.41, 5.74) is 5.45. The van der Waals surface area contributed by atoms with Crippen LogP contribution in [0.3, 0.4) is 0 Å². The second kappa shape index (κ2) is 5.16. The highest BCUT2D eigenvalue weighted by Crippen LogP contribution is 2.03. The Labute approximate surface area is 90.2 Å². The third-order valence-electron chi connectivity index (χ3n) is 2.08. The number of aryl methyl sites for hydroxylation is 1. The van der Waals surface area contributed by atoms with Crippen molar-refractivity contribution in [2.75, 3.05) is 17.7 Å². The summed E-state index contributed by atoms with van der Waals surface area (Å²) in [6, 6.07) is 0. The molecule has 2 N–H and O–H groups in total. The Hall–Kier alpha value is -1.04. The molecule has 0 saturated heterocycles. The van der Waals surface area contributed by atoms with E-state index in [9.17, 15) is 8.42 Å². The lowest BCUT2D eigenvalue weighted by Crippen LogP contribution is -2.03. The van der Waals surface area contributed by atoms with Crippen LogP contribution in [0.2, 0.25) is 0 Å². The fourth-order valence-electron chi connectivity index (χ4n) is 1.34. The summed E-state index contributed by atoms with van der Waals surface area (Å²) < 4.78 is 23.6. The SMILES string of the molecule is CS(=O)(=O)CCCCCn1cnc(N)c1. The van der Waals surface area contributed by atoms with Gasteiger partial charge in [-0.05, 0) is 12.8 Å². The van der Waals surface area contributed by atoms with E-state index >= 15 is 0 Å². The van der Waals surface area contributed by atoms with E-state index in [0.717, 1.165) is 25.8 Å². The first-order valence-electron chi connectivity index (χ1n) is 4.92. The Bertz CT molecular complexity index is 397. The molecule has 0 aliphatic rings. The Morgan fingerprint density at radius 1 is 1.40 bits per heavy atom. The van der Waals surface area contributed by atoms with Crippen LogP contribution in [0.1, 0.15) is 19.3 Å². The number of anilines is 1. The maximum atomic E-state index is 10.8. The lowest BCUT2D eigenvalue weighted by atomic mass is 10.2. The fourth-order valence-corrected chi connectivity index (χ4v) is 2.06. The van der Waals surface area contributed by atoms with Crippen molar-refractivity contribution in [2.24, 2.45) is 0 Å². The molecular formula is C9H17N3O2S. The molecule has 5 nitrogen and oxygen atoms in total. The predicted octanol–water partition coefficient (Wildman–Crippen LogP) is 0.680. The molecule has 0 amide bonds. The second-order valence-corrected chi connectivity index (χ2v) is 5.99. The average molecular weight is 231 g/mol. The van der Waals surface area contributed by atoms with Crippen molar-refractivity contribution >= 4 is 15.7 Å². The monoisotopic (exact) mass is 231 g/mol. The molecule has 0 atom stereocenters. The smallest absolute Gasteiger partial charge is 0.147 e. The van der Waals surface area contributed by atoms with Gasteiger partial charge in [-0.3, -0.25) is 0 Å². The number of hydrogen-bond donors (Lipinski definition) is 1. The van der Waals surface area contributed by atoms with E-state index in [-0.39, 0.29) is 5.75 Å². The van der Waals surface area contributed by atoms with E-state index in [1.807, 2.05) is 4.57 Å². The minimum Gasteiger partial charge on any atom is -0.382 e. The van der Waals surface area contributed by atoms with Crippen molar-refractivity contribution in [1.82, 2.24) is 9.55 Å². The normalized spacial score (nSPS) is 11.8. The maximum absolute atomic E-state index is 10.8. The molecule has 0 spiro atoms. The van der Waals surface area contributed by atoms with Crippen LogP contribution in [-0.2, 0) is 16.4 Å². The zero-order chi connectivity index (χ0) is 11.3. The molecule has 0 aliphatic heterocycles. The molecule has 0 radical (unpaired) electrons. The van der Waals surface area contributed by atoms with Gasteiger partial charge in [-0.15, -0.1) is 0 Å². The standard InChI is InChI=1S/C9H17N3O2S/c1-15(13,14)6-4-2-3-5-12-7-9(10)11-8-12/h7-8H,2-6,10H2,1H3. The highest BCUT2D eigenvalue weighted by molar-refractivity contribution is 7.90. The first-order chi connectivity index (χ1) is 6.97. The quantitative estimate of drug-likeness (QED) is 0.730. The van der Waals surface area contributed by atoms with Gasteiger partial charge in [0, 0.05) is 24.8 Å². The Morgan fingerprint density at radius 3 is 2.67 bits per heavy atom. The van der Waals surface area contributed by atoms with Crippen molar-refractivity contribution in [2.45, 2.75) is 25.8 Å². The average Bonchev–Trinajstić information content (AvgIpc) is 2.49. The van der Waals surface area contributed by atoms with Gasteiger partial charge in [-0.1, -0.05) is 6.42 Å². The van der Waals surface area contributed by atoms with Gasteiger partial charge >= 0.3 is 0 Å². The number of hydrogen-bond acceptors (Lipinski definition) is 4. The largest absolute Gasteiger partial charge is 0.382 e. The first-order valence-corrected chi connectivity index (χ1v) is 6.98. The number of unbranched alkanes of at least 4 members (excludes halogenated alkanes) is 2. The van der Waals surface area contributed by atoms with Gasteiger partial charge < -0.3 is 10.3 Å².